The Hall–Kier alpha value is -2.07. The number of ether oxygens (including phenoxy) is 2. The predicted octanol–water partition coefficient (Wildman–Crippen LogP) is 12.5. The minimum atomic E-state index is -4.65. The quantitative estimate of drug-likeness (QED) is 0.0234. The third-order valence-corrected chi connectivity index (χ3v) is 10.8. The number of carbonyl (C=O) groups excluding carboxylic acids is 2. The van der Waals surface area contributed by atoms with Gasteiger partial charge in [0.05, 0.1) is 26.4 Å². The second kappa shape index (κ2) is 43.0. The molecule has 3 N–H and O–H groups in total. The van der Waals surface area contributed by atoms with Crippen molar-refractivity contribution >= 4 is 19.8 Å². The summed E-state index contributed by atoms with van der Waals surface area (Å²) < 4.78 is 32.6. The van der Waals surface area contributed by atoms with Gasteiger partial charge < -0.3 is 24.6 Å². The Morgan fingerprint density at radius 1 is 0.483 bits per heavy atom. The molecule has 0 radical (unpaired) electrons. The highest BCUT2D eigenvalue weighted by atomic mass is 31.2. The number of aliphatic hydroxyl groups excluding tert-OH is 2. The summed E-state index contributed by atoms with van der Waals surface area (Å²) in [6, 6.07) is 0. The van der Waals surface area contributed by atoms with Crippen molar-refractivity contribution in [2.24, 2.45) is 0 Å². The standard InChI is InChI=1S/C47H85O10P/c1-3-5-7-9-11-13-15-17-19-20-21-22-23-25-27-29-31-33-35-37-39-47(51)57-45(41-49)43-55-58(52,53)54-42-44(40-48)56-46(50)38-36-34-32-30-28-26-24-18-16-14-12-10-8-6-4-2/h6,8,12,14,18,24,28,30,44-45,48-49H,3-5,7,9-11,13,15-17,19-23,25-27,29,31-43H2,1-2H3,(H,52,53)/b8-6-,14-12-,24-18-,30-28-. The van der Waals surface area contributed by atoms with Crippen molar-refractivity contribution < 1.29 is 47.8 Å². The minimum Gasteiger partial charge on any atom is -0.457 e. The monoisotopic (exact) mass is 841 g/mol. The zero-order valence-corrected chi connectivity index (χ0v) is 37.6. The third kappa shape index (κ3) is 40.7. The maximum Gasteiger partial charge on any atom is 0.472 e. The lowest BCUT2D eigenvalue weighted by Gasteiger charge is -2.20. The second-order valence-electron chi connectivity index (χ2n) is 15.4. The first-order valence-corrected chi connectivity index (χ1v) is 24.6. The summed E-state index contributed by atoms with van der Waals surface area (Å²) >= 11 is 0. The van der Waals surface area contributed by atoms with Crippen LogP contribution in [0.2, 0.25) is 0 Å². The fraction of sp³-hybridized carbons (Fsp3) is 0.787. The van der Waals surface area contributed by atoms with Crippen LogP contribution in [0, 0.1) is 0 Å². The minimum absolute atomic E-state index is 0.139. The van der Waals surface area contributed by atoms with Crippen LogP contribution in [0.3, 0.4) is 0 Å². The van der Waals surface area contributed by atoms with E-state index in [1.165, 1.54) is 103 Å². The highest BCUT2D eigenvalue weighted by Crippen LogP contribution is 2.43. The molecular weight excluding hydrogens is 755 g/mol. The van der Waals surface area contributed by atoms with E-state index in [2.05, 4.69) is 62.5 Å². The molecule has 0 spiro atoms. The van der Waals surface area contributed by atoms with Crippen molar-refractivity contribution in [1.82, 2.24) is 0 Å². The molecule has 0 aromatic heterocycles. The van der Waals surface area contributed by atoms with Gasteiger partial charge in [-0.15, -0.1) is 0 Å². The van der Waals surface area contributed by atoms with E-state index in [-0.39, 0.29) is 12.8 Å². The Morgan fingerprint density at radius 3 is 1.17 bits per heavy atom. The first-order chi connectivity index (χ1) is 28.3. The lowest BCUT2D eigenvalue weighted by atomic mass is 10.0. The molecule has 0 bridgehead atoms. The zero-order valence-electron chi connectivity index (χ0n) is 36.8. The smallest absolute Gasteiger partial charge is 0.457 e. The number of carbonyl (C=O) groups is 2. The molecule has 11 heteroatoms. The topological polar surface area (TPSA) is 149 Å². The second-order valence-corrected chi connectivity index (χ2v) is 16.8. The van der Waals surface area contributed by atoms with E-state index in [1.54, 1.807) is 0 Å². The van der Waals surface area contributed by atoms with Gasteiger partial charge in [0.15, 0.2) is 0 Å². The summed E-state index contributed by atoms with van der Waals surface area (Å²) in [5, 5.41) is 19.2. The Balaban J connectivity index is 3.90. The summed E-state index contributed by atoms with van der Waals surface area (Å²) in [7, 11) is -4.65. The molecule has 0 heterocycles. The number of hydrogen-bond acceptors (Lipinski definition) is 9. The molecule has 58 heavy (non-hydrogen) atoms. The van der Waals surface area contributed by atoms with Crippen LogP contribution in [-0.4, -0.2) is 65.7 Å². The molecule has 0 amide bonds. The number of esters is 2. The summed E-state index contributed by atoms with van der Waals surface area (Å²) in [6.45, 7) is 2.07. The first kappa shape index (κ1) is 55.9. The van der Waals surface area contributed by atoms with Gasteiger partial charge in [-0.05, 0) is 51.4 Å². The third-order valence-electron chi connectivity index (χ3n) is 9.81. The van der Waals surface area contributed by atoms with E-state index in [9.17, 15) is 29.3 Å². The Bertz CT molecular complexity index is 1110. The molecule has 0 fully saturated rings. The number of phosphoric acid groups is 1. The summed E-state index contributed by atoms with van der Waals surface area (Å²) in [4.78, 5) is 34.5. The highest BCUT2D eigenvalue weighted by molar-refractivity contribution is 7.47. The molecule has 338 valence electrons. The maximum absolute atomic E-state index is 12.4. The Kier molecular flexibility index (Phi) is 41.5. The van der Waals surface area contributed by atoms with Gasteiger partial charge in [-0.1, -0.05) is 184 Å². The summed E-state index contributed by atoms with van der Waals surface area (Å²) in [6.07, 6.45) is 46.6. The summed E-state index contributed by atoms with van der Waals surface area (Å²) in [5.74, 6) is -1.06. The number of allylic oxidation sites excluding steroid dienone is 8. The van der Waals surface area contributed by atoms with Crippen LogP contribution in [-0.2, 0) is 32.7 Å². The SMILES string of the molecule is CC/C=C\C/C=C\C/C=C\C/C=C\CCCCC(=O)OC(CO)COP(=O)(O)OCC(CO)OC(=O)CCCCCCCCCCCCCCCCCCCCCC. The van der Waals surface area contributed by atoms with Crippen LogP contribution < -0.4 is 0 Å². The molecule has 0 saturated heterocycles. The van der Waals surface area contributed by atoms with Crippen molar-refractivity contribution in [3.8, 4) is 0 Å². The number of hydrogen-bond donors (Lipinski definition) is 3. The van der Waals surface area contributed by atoms with Gasteiger partial charge in [0.1, 0.15) is 12.2 Å². The number of phosphoric ester groups is 1. The molecule has 0 saturated carbocycles. The van der Waals surface area contributed by atoms with Crippen LogP contribution in [0.1, 0.15) is 200 Å². The van der Waals surface area contributed by atoms with Crippen LogP contribution >= 0.6 is 7.82 Å². The molecule has 0 aromatic rings. The highest BCUT2D eigenvalue weighted by Gasteiger charge is 2.27. The molecule has 0 aliphatic carbocycles. The fourth-order valence-electron chi connectivity index (χ4n) is 6.28. The van der Waals surface area contributed by atoms with Gasteiger partial charge in [0.2, 0.25) is 0 Å². The molecule has 0 aromatic carbocycles. The first-order valence-electron chi connectivity index (χ1n) is 23.1. The van der Waals surface area contributed by atoms with Gasteiger partial charge in [-0.2, -0.15) is 0 Å². The maximum atomic E-state index is 12.4. The normalized spacial score (nSPS) is 14.2. The van der Waals surface area contributed by atoms with Crippen LogP contribution in [0.5, 0.6) is 0 Å². The van der Waals surface area contributed by atoms with E-state index in [1.807, 2.05) is 0 Å². The lowest BCUT2D eigenvalue weighted by molar-refractivity contribution is -0.153. The van der Waals surface area contributed by atoms with Crippen molar-refractivity contribution in [2.45, 2.75) is 212 Å². The van der Waals surface area contributed by atoms with Crippen LogP contribution in [0.4, 0.5) is 0 Å². The van der Waals surface area contributed by atoms with E-state index in [0.29, 0.717) is 12.8 Å². The average Bonchev–Trinajstić information content (AvgIpc) is 3.21. The number of aliphatic hydroxyl groups is 2. The predicted molar refractivity (Wildman–Crippen MR) is 237 cm³/mol. The lowest BCUT2D eigenvalue weighted by Crippen LogP contribution is -2.28. The van der Waals surface area contributed by atoms with E-state index in [4.69, 9.17) is 18.5 Å². The van der Waals surface area contributed by atoms with Crippen LogP contribution in [0.15, 0.2) is 48.6 Å². The van der Waals surface area contributed by atoms with Gasteiger partial charge >= 0.3 is 19.8 Å². The Morgan fingerprint density at radius 2 is 0.810 bits per heavy atom. The molecule has 0 aliphatic rings. The zero-order chi connectivity index (χ0) is 42.6. The largest absolute Gasteiger partial charge is 0.472 e. The van der Waals surface area contributed by atoms with Gasteiger partial charge in [-0.3, -0.25) is 18.6 Å². The van der Waals surface area contributed by atoms with Crippen molar-refractivity contribution in [2.75, 3.05) is 26.4 Å². The molecule has 3 unspecified atom stereocenters. The average molecular weight is 841 g/mol. The van der Waals surface area contributed by atoms with Crippen molar-refractivity contribution in [1.29, 1.82) is 0 Å². The van der Waals surface area contributed by atoms with Crippen molar-refractivity contribution in [3.05, 3.63) is 48.6 Å². The summed E-state index contributed by atoms with van der Waals surface area (Å²) in [5.41, 5.74) is 0. The Labute approximate surface area is 353 Å². The molecule has 3 atom stereocenters. The molecule has 10 nitrogen and oxygen atoms in total. The number of rotatable bonds is 43. The van der Waals surface area contributed by atoms with Crippen molar-refractivity contribution in [3.63, 3.8) is 0 Å². The van der Waals surface area contributed by atoms with E-state index in [0.717, 1.165) is 57.8 Å². The van der Waals surface area contributed by atoms with Gasteiger partial charge in [0.25, 0.3) is 0 Å². The van der Waals surface area contributed by atoms with E-state index < -0.39 is 58.4 Å². The van der Waals surface area contributed by atoms with Gasteiger partial charge in [0, 0.05) is 12.8 Å². The van der Waals surface area contributed by atoms with Crippen LogP contribution in [0.25, 0.3) is 0 Å². The molecule has 0 aliphatic heterocycles. The number of unbranched alkanes of at least 4 members (excludes halogenated alkanes) is 21. The molecule has 0 rings (SSSR count). The van der Waals surface area contributed by atoms with E-state index >= 15 is 0 Å². The fourth-order valence-corrected chi connectivity index (χ4v) is 7.07. The molecular formula is C47H85O10P. The van der Waals surface area contributed by atoms with Gasteiger partial charge in [-0.25, -0.2) is 4.57 Å².